The number of benzene rings is 1. The highest BCUT2D eigenvalue weighted by molar-refractivity contribution is 5.36. The number of hydrogen-bond donors (Lipinski definition) is 0. The molecule has 2 rings (SSSR count). The third-order valence-corrected chi connectivity index (χ3v) is 2.35. The lowest BCUT2D eigenvalue weighted by Gasteiger charge is -2.07. The average Bonchev–Trinajstić information content (AvgIpc) is 2.65. The Kier molecular flexibility index (Phi) is 2.54. The smallest absolute Gasteiger partial charge is 0.161 e. The monoisotopic (exact) mass is 204 g/mol. The summed E-state index contributed by atoms with van der Waals surface area (Å²) in [6, 6.07) is 7.97. The van der Waals surface area contributed by atoms with Crippen molar-refractivity contribution in [2.75, 3.05) is 0 Å². The van der Waals surface area contributed by atoms with Crippen LogP contribution in [0.2, 0.25) is 0 Å². The van der Waals surface area contributed by atoms with Crippen LogP contribution in [0.5, 0.6) is 0 Å². The molecule has 0 radical (unpaired) electrons. The molecule has 2 aromatic rings. The van der Waals surface area contributed by atoms with Crippen LogP contribution in [-0.2, 0) is 0 Å². The third kappa shape index (κ3) is 2.06. The van der Waals surface area contributed by atoms with Gasteiger partial charge in [0.2, 0.25) is 0 Å². The Labute approximate surface area is 88.4 Å². The van der Waals surface area contributed by atoms with E-state index in [0.29, 0.717) is 5.92 Å². The van der Waals surface area contributed by atoms with Crippen LogP contribution < -0.4 is 0 Å². The van der Waals surface area contributed by atoms with Crippen LogP contribution in [-0.4, -0.2) is 9.78 Å². The highest BCUT2D eigenvalue weighted by Gasteiger charge is 2.03. The molecular formula is C12H13FN2. The molecule has 0 N–H and O–H groups in total. The van der Waals surface area contributed by atoms with E-state index in [1.807, 2.05) is 18.2 Å². The first-order valence-electron chi connectivity index (χ1n) is 4.97. The molecule has 1 heterocycles. The van der Waals surface area contributed by atoms with Gasteiger partial charge in [0.25, 0.3) is 0 Å². The largest absolute Gasteiger partial charge is 0.238 e. The van der Waals surface area contributed by atoms with Crippen LogP contribution in [0.3, 0.4) is 0 Å². The SMILES string of the molecule is CC(C)c1cccc(-n2cc(F)cn2)c1. The number of rotatable bonds is 2. The molecule has 0 amide bonds. The van der Waals surface area contributed by atoms with E-state index in [4.69, 9.17) is 0 Å². The standard InChI is InChI=1S/C12H13FN2/c1-9(2)10-4-3-5-12(6-10)15-8-11(13)7-14-15/h3-9H,1-2H3. The van der Waals surface area contributed by atoms with Crippen LogP contribution in [0.1, 0.15) is 25.3 Å². The maximum atomic E-state index is 12.8. The summed E-state index contributed by atoms with van der Waals surface area (Å²) in [5.74, 6) is 0.148. The van der Waals surface area contributed by atoms with E-state index >= 15 is 0 Å². The summed E-state index contributed by atoms with van der Waals surface area (Å²) in [7, 11) is 0. The molecule has 0 aliphatic carbocycles. The first-order chi connectivity index (χ1) is 7.16. The quantitative estimate of drug-likeness (QED) is 0.734. The van der Waals surface area contributed by atoms with E-state index in [2.05, 4.69) is 25.0 Å². The zero-order chi connectivity index (χ0) is 10.8. The predicted molar refractivity (Wildman–Crippen MR) is 57.6 cm³/mol. The van der Waals surface area contributed by atoms with Gasteiger partial charge in [0.05, 0.1) is 18.1 Å². The van der Waals surface area contributed by atoms with Crippen molar-refractivity contribution in [2.24, 2.45) is 0 Å². The minimum absolute atomic E-state index is 0.315. The second-order valence-corrected chi connectivity index (χ2v) is 3.85. The summed E-state index contributed by atoms with van der Waals surface area (Å²) in [6.45, 7) is 4.26. The van der Waals surface area contributed by atoms with Gasteiger partial charge < -0.3 is 0 Å². The Balaban J connectivity index is 2.41. The molecular weight excluding hydrogens is 191 g/mol. The zero-order valence-electron chi connectivity index (χ0n) is 8.81. The van der Waals surface area contributed by atoms with Crippen molar-refractivity contribution in [3.05, 3.63) is 48.0 Å². The summed E-state index contributed by atoms with van der Waals surface area (Å²) in [5, 5.41) is 3.93. The van der Waals surface area contributed by atoms with Gasteiger partial charge in [0.15, 0.2) is 5.82 Å². The molecule has 0 aliphatic rings. The Morgan fingerprint density at radius 1 is 1.33 bits per heavy atom. The lowest BCUT2D eigenvalue weighted by Crippen LogP contribution is -1.96. The molecule has 0 fully saturated rings. The number of aromatic nitrogens is 2. The van der Waals surface area contributed by atoms with Gasteiger partial charge in [0, 0.05) is 0 Å². The van der Waals surface area contributed by atoms with Crippen molar-refractivity contribution in [2.45, 2.75) is 19.8 Å². The summed E-state index contributed by atoms with van der Waals surface area (Å²) >= 11 is 0. The maximum Gasteiger partial charge on any atom is 0.161 e. The molecule has 0 atom stereocenters. The van der Waals surface area contributed by atoms with Gasteiger partial charge >= 0.3 is 0 Å². The van der Waals surface area contributed by atoms with E-state index in [9.17, 15) is 4.39 Å². The highest BCUT2D eigenvalue weighted by atomic mass is 19.1. The summed E-state index contributed by atoms with van der Waals surface area (Å²) in [6.07, 6.45) is 2.58. The van der Waals surface area contributed by atoms with Crippen LogP contribution in [0.25, 0.3) is 5.69 Å². The molecule has 0 spiro atoms. The van der Waals surface area contributed by atoms with Gasteiger partial charge in [-0.25, -0.2) is 9.07 Å². The fourth-order valence-corrected chi connectivity index (χ4v) is 1.47. The summed E-state index contributed by atoms with van der Waals surface area (Å²) in [4.78, 5) is 0. The topological polar surface area (TPSA) is 17.8 Å². The van der Waals surface area contributed by atoms with Crippen molar-refractivity contribution in [3.63, 3.8) is 0 Å². The van der Waals surface area contributed by atoms with E-state index in [-0.39, 0.29) is 5.82 Å². The Morgan fingerprint density at radius 3 is 2.73 bits per heavy atom. The molecule has 2 nitrogen and oxygen atoms in total. The minimum atomic E-state index is -0.315. The van der Waals surface area contributed by atoms with Gasteiger partial charge in [-0.1, -0.05) is 26.0 Å². The maximum absolute atomic E-state index is 12.8. The van der Waals surface area contributed by atoms with Gasteiger partial charge in [-0.2, -0.15) is 5.10 Å². The zero-order valence-corrected chi connectivity index (χ0v) is 8.81. The molecule has 0 bridgehead atoms. The lowest BCUT2D eigenvalue weighted by molar-refractivity contribution is 0.627. The van der Waals surface area contributed by atoms with Crippen LogP contribution in [0.15, 0.2) is 36.7 Å². The number of hydrogen-bond acceptors (Lipinski definition) is 1. The third-order valence-electron chi connectivity index (χ3n) is 2.35. The van der Waals surface area contributed by atoms with E-state index < -0.39 is 0 Å². The molecule has 1 aromatic heterocycles. The molecule has 0 unspecified atom stereocenters. The van der Waals surface area contributed by atoms with Crippen LogP contribution in [0.4, 0.5) is 4.39 Å². The second-order valence-electron chi connectivity index (χ2n) is 3.85. The molecule has 0 aliphatic heterocycles. The normalized spacial score (nSPS) is 10.9. The van der Waals surface area contributed by atoms with Crippen molar-refractivity contribution in [3.8, 4) is 5.69 Å². The number of nitrogens with zero attached hydrogens (tertiary/aromatic N) is 2. The average molecular weight is 204 g/mol. The molecule has 1 aromatic carbocycles. The molecule has 3 heteroatoms. The fourth-order valence-electron chi connectivity index (χ4n) is 1.47. The molecule has 15 heavy (non-hydrogen) atoms. The van der Waals surface area contributed by atoms with Gasteiger partial charge in [-0.05, 0) is 23.6 Å². The minimum Gasteiger partial charge on any atom is -0.238 e. The first kappa shape index (κ1) is 9.90. The van der Waals surface area contributed by atoms with E-state index in [1.54, 1.807) is 4.68 Å². The van der Waals surface area contributed by atoms with Crippen LogP contribution >= 0.6 is 0 Å². The Morgan fingerprint density at radius 2 is 2.13 bits per heavy atom. The highest BCUT2D eigenvalue weighted by Crippen LogP contribution is 2.17. The van der Waals surface area contributed by atoms with E-state index in [0.717, 1.165) is 5.69 Å². The van der Waals surface area contributed by atoms with Gasteiger partial charge in [0.1, 0.15) is 0 Å². The Hall–Kier alpha value is -1.64. The summed E-state index contributed by atoms with van der Waals surface area (Å²) < 4.78 is 14.3. The predicted octanol–water partition coefficient (Wildman–Crippen LogP) is 3.13. The van der Waals surface area contributed by atoms with Gasteiger partial charge in [-0.3, -0.25) is 0 Å². The number of halogens is 1. The van der Waals surface area contributed by atoms with Crippen LogP contribution in [0, 0.1) is 5.82 Å². The van der Waals surface area contributed by atoms with Crippen molar-refractivity contribution >= 4 is 0 Å². The van der Waals surface area contributed by atoms with Crippen molar-refractivity contribution < 1.29 is 4.39 Å². The second kappa shape index (κ2) is 3.85. The van der Waals surface area contributed by atoms with Gasteiger partial charge in [-0.15, -0.1) is 0 Å². The first-order valence-corrected chi connectivity index (χ1v) is 4.97. The van der Waals surface area contributed by atoms with Crippen molar-refractivity contribution in [1.82, 2.24) is 9.78 Å². The Bertz CT molecular complexity index is 460. The van der Waals surface area contributed by atoms with E-state index in [1.165, 1.54) is 18.0 Å². The lowest BCUT2D eigenvalue weighted by atomic mass is 10.0. The molecule has 0 saturated heterocycles. The summed E-state index contributed by atoms with van der Waals surface area (Å²) in [5.41, 5.74) is 2.12. The molecule has 78 valence electrons. The molecule has 0 saturated carbocycles. The van der Waals surface area contributed by atoms with Crippen molar-refractivity contribution in [1.29, 1.82) is 0 Å². The fraction of sp³-hybridized carbons (Fsp3) is 0.250.